The maximum Gasteiger partial charge on any atom is 0.251 e. The van der Waals surface area contributed by atoms with Gasteiger partial charge in [-0.3, -0.25) is 14.4 Å². The molecule has 0 heterocycles. The van der Waals surface area contributed by atoms with Crippen molar-refractivity contribution >= 4 is 23.4 Å². The number of hydrogen-bond donors (Lipinski definition) is 3. The van der Waals surface area contributed by atoms with E-state index in [-0.39, 0.29) is 23.6 Å². The van der Waals surface area contributed by atoms with Gasteiger partial charge in [-0.25, -0.2) is 0 Å². The lowest BCUT2D eigenvalue weighted by molar-refractivity contribution is -0.118. The van der Waals surface area contributed by atoms with E-state index >= 15 is 0 Å². The first kappa shape index (κ1) is 21.2. The van der Waals surface area contributed by atoms with Gasteiger partial charge in [0.05, 0.1) is 0 Å². The second-order valence-electron chi connectivity index (χ2n) is 7.03. The Balaban J connectivity index is 1.78. The van der Waals surface area contributed by atoms with Crippen molar-refractivity contribution in [1.29, 1.82) is 0 Å². The SMILES string of the molecule is Cc1ccc(C(=O)NCCNC(=O)c2ccc(NC(=O)C(C)C)cc2)cc1C. The number of amides is 3. The van der Waals surface area contributed by atoms with Crippen molar-refractivity contribution in [2.24, 2.45) is 5.92 Å². The van der Waals surface area contributed by atoms with E-state index in [4.69, 9.17) is 0 Å². The van der Waals surface area contributed by atoms with Gasteiger partial charge in [-0.2, -0.15) is 0 Å². The molecule has 28 heavy (non-hydrogen) atoms. The van der Waals surface area contributed by atoms with E-state index < -0.39 is 0 Å². The zero-order valence-electron chi connectivity index (χ0n) is 16.8. The van der Waals surface area contributed by atoms with E-state index in [0.29, 0.717) is 29.9 Å². The lowest BCUT2D eigenvalue weighted by atomic mass is 10.1. The number of nitrogens with one attached hydrogen (secondary N) is 3. The van der Waals surface area contributed by atoms with Gasteiger partial charge in [-0.1, -0.05) is 19.9 Å². The Kier molecular flexibility index (Phi) is 7.32. The topological polar surface area (TPSA) is 87.3 Å². The predicted octanol–water partition coefficient (Wildman–Crippen LogP) is 3.06. The first-order chi connectivity index (χ1) is 13.3. The van der Waals surface area contributed by atoms with Gasteiger partial charge in [0, 0.05) is 35.8 Å². The lowest BCUT2D eigenvalue weighted by Crippen LogP contribution is -2.34. The number of carbonyl (C=O) groups excluding carboxylic acids is 3. The van der Waals surface area contributed by atoms with Crippen LogP contribution in [0.5, 0.6) is 0 Å². The van der Waals surface area contributed by atoms with Crippen LogP contribution in [0, 0.1) is 19.8 Å². The van der Waals surface area contributed by atoms with Crippen molar-refractivity contribution in [2.75, 3.05) is 18.4 Å². The number of rotatable bonds is 7. The van der Waals surface area contributed by atoms with Gasteiger partial charge in [0.2, 0.25) is 5.91 Å². The summed E-state index contributed by atoms with van der Waals surface area (Å²) < 4.78 is 0. The first-order valence-electron chi connectivity index (χ1n) is 9.32. The molecule has 3 amide bonds. The van der Waals surface area contributed by atoms with E-state index in [9.17, 15) is 14.4 Å². The molecule has 6 heteroatoms. The largest absolute Gasteiger partial charge is 0.350 e. The summed E-state index contributed by atoms with van der Waals surface area (Å²) >= 11 is 0. The highest BCUT2D eigenvalue weighted by Crippen LogP contribution is 2.11. The first-order valence-corrected chi connectivity index (χ1v) is 9.32. The molecule has 2 aromatic rings. The summed E-state index contributed by atoms with van der Waals surface area (Å²) in [6.07, 6.45) is 0. The molecule has 148 valence electrons. The quantitative estimate of drug-likeness (QED) is 0.644. The monoisotopic (exact) mass is 381 g/mol. The van der Waals surface area contributed by atoms with Gasteiger partial charge in [0.1, 0.15) is 0 Å². The number of aryl methyl sites for hydroxylation is 2. The molecule has 0 bridgehead atoms. The van der Waals surface area contributed by atoms with Crippen LogP contribution in [0.2, 0.25) is 0 Å². The smallest absolute Gasteiger partial charge is 0.251 e. The Morgan fingerprint density at radius 1 is 0.786 bits per heavy atom. The van der Waals surface area contributed by atoms with E-state index in [0.717, 1.165) is 11.1 Å². The van der Waals surface area contributed by atoms with Crippen LogP contribution in [0.3, 0.4) is 0 Å². The number of hydrogen-bond acceptors (Lipinski definition) is 3. The number of benzene rings is 2. The molecule has 3 N–H and O–H groups in total. The third-order valence-corrected chi connectivity index (χ3v) is 4.40. The van der Waals surface area contributed by atoms with Crippen molar-refractivity contribution in [3.05, 3.63) is 64.7 Å². The molecule has 0 spiro atoms. The molecule has 2 rings (SSSR count). The Hall–Kier alpha value is -3.15. The summed E-state index contributed by atoms with van der Waals surface area (Å²) in [5, 5.41) is 8.33. The molecule has 0 aliphatic rings. The fourth-order valence-electron chi connectivity index (χ4n) is 2.43. The van der Waals surface area contributed by atoms with Crippen LogP contribution < -0.4 is 16.0 Å². The van der Waals surface area contributed by atoms with Crippen molar-refractivity contribution in [2.45, 2.75) is 27.7 Å². The average molecular weight is 381 g/mol. The summed E-state index contributed by atoms with van der Waals surface area (Å²) in [7, 11) is 0. The third-order valence-electron chi connectivity index (χ3n) is 4.40. The maximum absolute atomic E-state index is 12.2. The zero-order valence-corrected chi connectivity index (χ0v) is 16.8. The van der Waals surface area contributed by atoms with Crippen molar-refractivity contribution in [3.8, 4) is 0 Å². The maximum atomic E-state index is 12.2. The molecule has 0 radical (unpaired) electrons. The van der Waals surface area contributed by atoms with Crippen LogP contribution in [0.15, 0.2) is 42.5 Å². The Bertz CT molecular complexity index is 858. The normalized spacial score (nSPS) is 10.5. The van der Waals surface area contributed by atoms with Crippen LogP contribution in [-0.4, -0.2) is 30.8 Å². The average Bonchev–Trinajstić information content (AvgIpc) is 2.67. The fourth-order valence-corrected chi connectivity index (χ4v) is 2.43. The minimum Gasteiger partial charge on any atom is -0.350 e. The Morgan fingerprint density at radius 3 is 1.86 bits per heavy atom. The van der Waals surface area contributed by atoms with E-state index in [1.54, 1.807) is 30.3 Å². The standard InChI is InChI=1S/C22H27N3O3/c1-14(2)20(26)25-19-9-7-17(8-10-19)21(27)23-11-12-24-22(28)18-6-5-15(3)16(4)13-18/h5-10,13-14H,11-12H2,1-4H3,(H,23,27)(H,24,28)(H,25,26). The Morgan fingerprint density at radius 2 is 1.32 bits per heavy atom. The van der Waals surface area contributed by atoms with Gasteiger partial charge in [0.25, 0.3) is 11.8 Å². The Labute approximate surface area is 165 Å². The molecule has 0 saturated heterocycles. The van der Waals surface area contributed by atoms with Gasteiger partial charge < -0.3 is 16.0 Å². The fraction of sp³-hybridized carbons (Fsp3) is 0.318. The highest BCUT2D eigenvalue weighted by Gasteiger charge is 2.09. The van der Waals surface area contributed by atoms with Crippen molar-refractivity contribution in [1.82, 2.24) is 10.6 Å². The summed E-state index contributed by atoms with van der Waals surface area (Å²) in [6.45, 7) is 8.25. The third kappa shape index (κ3) is 5.94. The molecule has 0 unspecified atom stereocenters. The summed E-state index contributed by atoms with van der Waals surface area (Å²) in [5.74, 6) is -0.580. The van der Waals surface area contributed by atoms with E-state index in [2.05, 4.69) is 16.0 Å². The minimum atomic E-state index is -0.234. The molecule has 6 nitrogen and oxygen atoms in total. The molecule has 0 aromatic heterocycles. The highest BCUT2D eigenvalue weighted by molar-refractivity contribution is 5.96. The molecule has 2 aromatic carbocycles. The summed E-state index contributed by atoms with van der Waals surface area (Å²) in [5.41, 5.74) is 3.94. The summed E-state index contributed by atoms with van der Waals surface area (Å²) in [4.78, 5) is 36.0. The molecule has 0 saturated carbocycles. The van der Waals surface area contributed by atoms with Crippen LogP contribution in [0.4, 0.5) is 5.69 Å². The molecular formula is C22H27N3O3. The van der Waals surface area contributed by atoms with Crippen LogP contribution >= 0.6 is 0 Å². The predicted molar refractivity (Wildman–Crippen MR) is 110 cm³/mol. The van der Waals surface area contributed by atoms with Gasteiger partial charge >= 0.3 is 0 Å². The van der Waals surface area contributed by atoms with Crippen LogP contribution in [0.1, 0.15) is 45.7 Å². The van der Waals surface area contributed by atoms with E-state index in [1.807, 2.05) is 39.8 Å². The van der Waals surface area contributed by atoms with Crippen LogP contribution in [-0.2, 0) is 4.79 Å². The van der Waals surface area contributed by atoms with Crippen molar-refractivity contribution < 1.29 is 14.4 Å². The highest BCUT2D eigenvalue weighted by atomic mass is 16.2. The molecule has 0 fully saturated rings. The van der Waals surface area contributed by atoms with Gasteiger partial charge in [-0.15, -0.1) is 0 Å². The molecular weight excluding hydrogens is 354 g/mol. The van der Waals surface area contributed by atoms with Crippen LogP contribution in [0.25, 0.3) is 0 Å². The van der Waals surface area contributed by atoms with Crippen molar-refractivity contribution in [3.63, 3.8) is 0 Å². The van der Waals surface area contributed by atoms with Gasteiger partial charge in [0.15, 0.2) is 0 Å². The van der Waals surface area contributed by atoms with E-state index in [1.165, 1.54) is 0 Å². The summed E-state index contributed by atoms with van der Waals surface area (Å²) in [6, 6.07) is 12.2. The zero-order chi connectivity index (χ0) is 20.7. The molecule has 0 aliphatic heterocycles. The minimum absolute atomic E-state index is 0.0725. The lowest BCUT2D eigenvalue weighted by Gasteiger charge is -2.10. The second kappa shape index (κ2) is 9.69. The molecule has 0 atom stereocenters. The number of carbonyl (C=O) groups is 3. The van der Waals surface area contributed by atoms with Gasteiger partial charge in [-0.05, 0) is 61.4 Å². The molecule has 0 aliphatic carbocycles. The second-order valence-corrected chi connectivity index (χ2v) is 7.03. The number of anilines is 1.